The molecule has 2 fully saturated rings. The molecule has 24 heavy (non-hydrogen) atoms. The fourth-order valence-corrected chi connectivity index (χ4v) is 5.12. The molecule has 0 aliphatic carbocycles. The van der Waals surface area contributed by atoms with Crippen molar-refractivity contribution in [3.05, 3.63) is 18.2 Å². The van der Waals surface area contributed by atoms with E-state index in [1.807, 2.05) is 0 Å². The number of anilines is 1. The molecule has 0 saturated carbocycles. The average Bonchev–Trinajstić information content (AvgIpc) is 3.23. The fraction of sp³-hybridized carbons (Fsp3) is 0.500. The molecule has 7 nitrogen and oxygen atoms in total. The van der Waals surface area contributed by atoms with Crippen LogP contribution in [0.3, 0.4) is 0 Å². The summed E-state index contributed by atoms with van der Waals surface area (Å²) >= 11 is 1.61. The Bertz CT molecular complexity index is 702. The van der Waals surface area contributed by atoms with Crippen LogP contribution in [0, 0.1) is 0 Å². The van der Waals surface area contributed by atoms with E-state index < -0.39 is 10.0 Å². The molecular formula is C14H20ClN3O4S2. The van der Waals surface area contributed by atoms with Crippen molar-refractivity contribution in [1.29, 1.82) is 0 Å². The highest BCUT2D eigenvalue weighted by atomic mass is 35.5. The van der Waals surface area contributed by atoms with Crippen LogP contribution in [0.25, 0.3) is 0 Å². The van der Waals surface area contributed by atoms with Gasteiger partial charge in [-0.1, -0.05) is 0 Å². The third-order valence-corrected chi connectivity index (χ3v) is 6.80. The van der Waals surface area contributed by atoms with Crippen molar-refractivity contribution in [2.45, 2.75) is 23.8 Å². The number of thioether (sulfide) groups is 1. The highest BCUT2D eigenvalue weighted by Gasteiger charge is 2.28. The van der Waals surface area contributed by atoms with Crippen molar-refractivity contribution in [2.24, 2.45) is 0 Å². The number of phenolic OH excluding ortho intramolecular Hbond substituents is 1. The second-order valence-corrected chi connectivity index (χ2v) is 8.52. The van der Waals surface area contributed by atoms with Crippen molar-refractivity contribution in [2.75, 3.05) is 30.0 Å². The lowest BCUT2D eigenvalue weighted by Crippen LogP contribution is -2.37. The van der Waals surface area contributed by atoms with Gasteiger partial charge in [0.25, 0.3) is 0 Å². The maximum atomic E-state index is 12.6. The van der Waals surface area contributed by atoms with Crippen LogP contribution < -0.4 is 10.6 Å². The molecule has 0 radical (unpaired) electrons. The third kappa shape index (κ3) is 3.97. The Morgan fingerprint density at radius 1 is 1.33 bits per heavy atom. The highest BCUT2D eigenvalue weighted by Crippen LogP contribution is 2.29. The monoisotopic (exact) mass is 393 g/mol. The second-order valence-electron chi connectivity index (χ2n) is 5.55. The van der Waals surface area contributed by atoms with Crippen LogP contribution >= 0.6 is 24.2 Å². The first-order valence-corrected chi connectivity index (χ1v) is 10.0. The van der Waals surface area contributed by atoms with E-state index in [0.717, 1.165) is 12.8 Å². The van der Waals surface area contributed by atoms with Crippen LogP contribution in [0.15, 0.2) is 23.1 Å². The van der Waals surface area contributed by atoms with Crippen LogP contribution in [-0.2, 0) is 14.8 Å². The number of phenols is 1. The van der Waals surface area contributed by atoms with Gasteiger partial charge in [0.05, 0.1) is 16.6 Å². The first-order chi connectivity index (χ1) is 11.0. The van der Waals surface area contributed by atoms with Crippen LogP contribution in [-0.4, -0.2) is 54.5 Å². The molecule has 0 spiro atoms. The molecule has 1 atom stereocenters. The zero-order valence-electron chi connectivity index (χ0n) is 12.9. The molecule has 0 aromatic heterocycles. The number of amides is 1. The molecule has 2 saturated heterocycles. The van der Waals surface area contributed by atoms with Gasteiger partial charge in [-0.25, -0.2) is 8.42 Å². The molecule has 2 aliphatic rings. The van der Waals surface area contributed by atoms with Crippen molar-refractivity contribution in [3.8, 4) is 5.75 Å². The maximum Gasteiger partial charge on any atom is 0.243 e. The van der Waals surface area contributed by atoms with Gasteiger partial charge in [0.1, 0.15) is 5.75 Å². The molecule has 1 unspecified atom stereocenters. The number of sulfonamides is 1. The fourth-order valence-electron chi connectivity index (χ4n) is 2.64. The summed E-state index contributed by atoms with van der Waals surface area (Å²) in [6, 6.07) is 3.65. The summed E-state index contributed by atoms with van der Waals surface area (Å²) in [5, 5.41) is 15.5. The Balaban J connectivity index is 0.00000208. The molecule has 1 aromatic carbocycles. The summed E-state index contributed by atoms with van der Waals surface area (Å²) in [6.07, 6.45) is 1.71. The number of carbonyl (C=O) groups excluding carboxylic acids is 1. The lowest BCUT2D eigenvalue weighted by Gasteiger charge is -2.17. The van der Waals surface area contributed by atoms with E-state index in [4.69, 9.17) is 0 Å². The molecule has 0 bridgehead atoms. The Hall–Kier alpha value is -1.00. The number of halogens is 1. The van der Waals surface area contributed by atoms with Gasteiger partial charge in [0.15, 0.2) is 0 Å². The van der Waals surface area contributed by atoms with Gasteiger partial charge in [-0.05, 0) is 31.0 Å². The predicted molar refractivity (Wildman–Crippen MR) is 96.2 cm³/mol. The summed E-state index contributed by atoms with van der Waals surface area (Å²) < 4.78 is 26.5. The Labute approximate surface area is 151 Å². The number of nitrogens with zero attached hydrogens (tertiary/aromatic N) is 1. The van der Waals surface area contributed by atoms with E-state index in [9.17, 15) is 18.3 Å². The summed E-state index contributed by atoms with van der Waals surface area (Å²) in [5.41, 5.74) is 0.119. The largest absolute Gasteiger partial charge is 0.506 e. The number of hydrogen-bond donors (Lipinski definition) is 3. The number of rotatable bonds is 4. The number of benzene rings is 1. The molecule has 3 rings (SSSR count). The van der Waals surface area contributed by atoms with Crippen molar-refractivity contribution in [1.82, 2.24) is 9.62 Å². The van der Waals surface area contributed by atoms with Gasteiger partial charge in [-0.2, -0.15) is 4.31 Å². The Morgan fingerprint density at radius 3 is 2.67 bits per heavy atom. The smallest absolute Gasteiger partial charge is 0.243 e. The van der Waals surface area contributed by atoms with E-state index in [2.05, 4.69) is 10.6 Å². The van der Waals surface area contributed by atoms with Crippen LogP contribution in [0.4, 0.5) is 5.69 Å². The Morgan fingerprint density at radius 2 is 2.04 bits per heavy atom. The first-order valence-electron chi connectivity index (χ1n) is 7.43. The van der Waals surface area contributed by atoms with Gasteiger partial charge in [0.2, 0.25) is 15.9 Å². The lowest BCUT2D eigenvalue weighted by atomic mass is 10.2. The molecule has 3 N–H and O–H groups in total. The quantitative estimate of drug-likeness (QED) is 0.665. The second kappa shape index (κ2) is 7.92. The molecule has 2 heterocycles. The summed E-state index contributed by atoms with van der Waals surface area (Å²) in [5.74, 6) is 0.927. The number of nitrogens with one attached hydrogen (secondary N) is 2. The standard InChI is InChI=1S/C14H19N3O4S2.ClH/c18-13-4-3-10(23(20,21)17-5-1-2-6-17)7-11(13)16-14(19)12-8-22-9-15-12;/h3-4,7,12,15,18H,1-2,5-6,8-9H2,(H,16,19);1H. The first kappa shape index (κ1) is 19.3. The number of hydrogen-bond acceptors (Lipinski definition) is 6. The molecular weight excluding hydrogens is 374 g/mol. The topological polar surface area (TPSA) is 98.7 Å². The summed E-state index contributed by atoms with van der Waals surface area (Å²) in [4.78, 5) is 12.2. The molecule has 1 amide bonds. The van der Waals surface area contributed by atoms with E-state index in [1.165, 1.54) is 22.5 Å². The number of aromatic hydroxyl groups is 1. The summed E-state index contributed by atoms with van der Waals surface area (Å²) in [6.45, 7) is 1.02. The van der Waals surface area contributed by atoms with Crippen LogP contribution in [0.5, 0.6) is 5.75 Å². The zero-order valence-corrected chi connectivity index (χ0v) is 15.3. The minimum Gasteiger partial charge on any atom is -0.506 e. The molecule has 1 aromatic rings. The SMILES string of the molecule is Cl.O=C(Nc1cc(S(=O)(=O)N2CCCC2)ccc1O)C1CSCN1. The van der Waals surface area contributed by atoms with Gasteiger partial charge in [-0.15, -0.1) is 24.2 Å². The molecule has 2 aliphatic heterocycles. The average molecular weight is 394 g/mol. The van der Waals surface area contributed by atoms with Gasteiger partial charge < -0.3 is 10.4 Å². The van der Waals surface area contributed by atoms with E-state index >= 15 is 0 Å². The van der Waals surface area contributed by atoms with Crippen molar-refractivity contribution < 1.29 is 18.3 Å². The predicted octanol–water partition coefficient (Wildman–Crippen LogP) is 1.20. The minimum atomic E-state index is -3.58. The highest BCUT2D eigenvalue weighted by molar-refractivity contribution is 7.99. The van der Waals surface area contributed by atoms with E-state index in [1.54, 1.807) is 11.8 Å². The maximum absolute atomic E-state index is 12.6. The number of carbonyl (C=O) groups is 1. The molecule has 134 valence electrons. The zero-order chi connectivity index (χ0) is 16.4. The molecule has 10 heteroatoms. The van der Waals surface area contributed by atoms with Crippen LogP contribution in [0.2, 0.25) is 0 Å². The van der Waals surface area contributed by atoms with E-state index in [0.29, 0.717) is 24.7 Å². The summed E-state index contributed by atoms with van der Waals surface area (Å²) in [7, 11) is -3.58. The Kier molecular flexibility index (Phi) is 6.38. The third-order valence-electron chi connectivity index (χ3n) is 3.96. The van der Waals surface area contributed by atoms with Crippen molar-refractivity contribution >= 4 is 45.8 Å². The van der Waals surface area contributed by atoms with Gasteiger partial charge >= 0.3 is 0 Å². The normalized spacial score (nSPS) is 21.4. The van der Waals surface area contributed by atoms with Gasteiger partial charge in [-0.3, -0.25) is 10.1 Å². The van der Waals surface area contributed by atoms with Crippen LogP contribution in [0.1, 0.15) is 12.8 Å². The minimum absolute atomic E-state index is 0. The van der Waals surface area contributed by atoms with Gasteiger partial charge in [0, 0.05) is 24.7 Å². The van der Waals surface area contributed by atoms with E-state index in [-0.39, 0.29) is 40.7 Å². The lowest BCUT2D eigenvalue weighted by molar-refractivity contribution is -0.117. The van der Waals surface area contributed by atoms with Crippen molar-refractivity contribution in [3.63, 3.8) is 0 Å².